The molecule has 0 fully saturated rings. The lowest BCUT2D eigenvalue weighted by molar-refractivity contribution is 0.423. The van der Waals surface area contributed by atoms with Crippen molar-refractivity contribution in [3.05, 3.63) is 180 Å². The van der Waals surface area contributed by atoms with E-state index in [9.17, 15) is 0 Å². The van der Waals surface area contributed by atoms with Gasteiger partial charge in [0.1, 0.15) is 0 Å². The average molecular weight is 1540 g/mol. The van der Waals surface area contributed by atoms with Crippen molar-refractivity contribution in [3.63, 3.8) is 0 Å². The molecule has 0 N–H and O–H groups in total. The van der Waals surface area contributed by atoms with Crippen LogP contribution in [0.3, 0.4) is 0 Å². The molecule has 0 aliphatic heterocycles. The molecule has 585 valence electrons. The van der Waals surface area contributed by atoms with Gasteiger partial charge in [-0.05, 0) is 242 Å². The zero-order valence-corrected chi connectivity index (χ0v) is 69.8. The van der Waals surface area contributed by atoms with Crippen LogP contribution in [0.25, 0.3) is 27.9 Å². The highest BCUT2D eigenvalue weighted by molar-refractivity contribution is 7.81. The molecule has 5 aromatic rings. The second-order valence-corrected chi connectivity index (χ2v) is 32.8. The molecule has 5 radical (unpaired) electrons. The molecule has 0 spiro atoms. The molecule has 0 nitrogen and oxygen atoms in total. The van der Waals surface area contributed by atoms with E-state index in [0.29, 0.717) is 0 Å². The van der Waals surface area contributed by atoms with Gasteiger partial charge in [0.15, 0.2) is 0 Å². The summed E-state index contributed by atoms with van der Waals surface area (Å²) < 4.78 is 0. The van der Waals surface area contributed by atoms with Crippen LogP contribution in [0, 0.1) is 29.6 Å². The van der Waals surface area contributed by atoms with Gasteiger partial charge in [0.2, 0.25) is 0 Å². The molecule has 0 saturated heterocycles. The van der Waals surface area contributed by atoms with Gasteiger partial charge in [-0.25, -0.2) is 0 Å². The van der Waals surface area contributed by atoms with Gasteiger partial charge in [-0.2, -0.15) is 0 Å². The highest BCUT2D eigenvalue weighted by Crippen LogP contribution is 2.39. The van der Waals surface area contributed by atoms with Crippen molar-refractivity contribution < 1.29 is 23.5 Å². The van der Waals surface area contributed by atoms with E-state index in [1.807, 2.05) is 60.7 Å². The third-order valence-electron chi connectivity index (χ3n) is 22.3. The van der Waals surface area contributed by atoms with E-state index in [2.05, 4.69) is 126 Å². The normalized spacial score (nSPS) is 18.0. The maximum Gasteiger partial charge on any atom is 0.0377 e. The van der Waals surface area contributed by atoms with E-state index in [1.54, 1.807) is 0 Å². The fourth-order valence-electron chi connectivity index (χ4n) is 15.6. The summed E-state index contributed by atoms with van der Waals surface area (Å²) in [4.78, 5) is 4.70. The molecule has 0 aromatic heterocycles. The molecule has 5 atom stereocenters. The quantitative estimate of drug-likeness (QED) is 0.0280. The Hall–Kier alpha value is -4.45. The largest absolute Gasteiger partial charge is 0.269 e. The molecule has 0 amide bonds. The zero-order chi connectivity index (χ0) is 71.0. The maximum absolute atomic E-state index is 5.15. The molecule has 5 aromatic carbocycles. The molecule has 5 aliphatic carbocycles. The highest BCUT2D eigenvalue weighted by Gasteiger charge is 2.20. The number of rotatable bonds is 35. The Kier molecular flexibility index (Phi) is 57.6. The average Bonchev–Trinajstić information content (AvgIpc) is 0.903. The Labute approximate surface area is 666 Å². The Morgan fingerprint density at radius 2 is 0.352 bits per heavy atom. The molecule has 0 bridgehead atoms. The fraction of sp³-hybridized carbons (Fsp3) is 0.579. The summed E-state index contributed by atoms with van der Waals surface area (Å²) in [7, 11) is 0. The van der Waals surface area contributed by atoms with Crippen molar-refractivity contribution in [2.75, 3.05) is 0 Å². The van der Waals surface area contributed by atoms with Crippen molar-refractivity contribution in [3.8, 4) is 0 Å². The van der Waals surface area contributed by atoms with E-state index in [1.165, 1.54) is 345 Å². The van der Waals surface area contributed by atoms with E-state index in [4.69, 9.17) is 63.1 Å². The summed E-state index contributed by atoms with van der Waals surface area (Å²) >= 11 is 25.8. The summed E-state index contributed by atoms with van der Waals surface area (Å²) in [5.74, 6) is 4.65. The third kappa shape index (κ3) is 41.8. The Morgan fingerprint density at radius 1 is 0.210 bits per heavy atom. The summed E-state index contributed by atoms with van der Waals surface area (Å²) in [5.41, 5.74) is 14.5. The number of halogens is 5. The Balaban J connectivity index is 0.000000649. The van der Waals surface area contributed by atoms with Crippen LogP contribution in [-0.2, 0) is 0 Å². The van der Waals surface area contributed by atoms with E-state index < -0.39 is 0 Å². The minimum Gasteiger partial charge on any atom is -0.269 e. The van der Waals surface area contributed by atoms with Crippen molar-refractivity contribution in [2.45, 2.75) is 348 Å². The number of hydrogen-bond donors (Lipinski definition) is 0. The summed E-state index contributed by atoms with van der Waals surface area (Å²) in [6.07, 6.45) is 74.2. The first-order valence-electron chi connectivity index (χ1n) is 41.3. The van der Waals surface area contributed by atoms with Crippen molar-refractivity contribution in [2.24, 2.45) is 29.6 Å². The van der Waals surface area contributed by atoms with Crippen molar-refractivity contribution in [1.82, 2.24) is 0 Å². The van der Waals surface area contributed by atoms with Gasteiger partial charge < -0.3 is 0 Å². The summed E-state index contributed by atoms with van der Waals surface area (Å²) in [5, 5.41) is 0. The summed E-state index contributed by atoms with van der Waals surface area (Å²) in [6, 6.07) is 42.3. The first-order valence-corrected chi connectivity index (χ1v) is 43.3. The monoisotopic (exact) mass is 1540 g/mol. The fourth-order valence-corrected chi connectivity index (χ4v) is 16.3. The molecule has 105 heavy (non-hydrogen) atoms. The molecule has 0 heterocycles. The first kappa shape index (κ1) is 98.6. The van der Waals surface area contributed by atoms with Crippen LogP contribution in [0.15, 0.2) is 176 Å². The highest BCUT2D eigenvalue weighted by atomic mass is 32.1. The molecular formula is C95H140F5S5. The smallest absolute Gasteiger partial charge is 0.0377 e. The van der Waals surface area contributed by atoms with Gasteiger partial charge in [0, 0.05) is 24.5 Å². The summed E-state index contributed by atoms with van der Waals surface area (Å²) in [6.45, 7) is 11.4. The van der Waals surface area contributed by atoms with Crippen LogP contribution >= 0.6 is 63.1 Å². The molecule has 0 saturated carbocycles. The number of benzene rings is 5. The number of hydrogen-bond acceptors (Lipinski definition) is 0. The lowest BCUT2D eigenvalue weighted by atomic mass is 9.84. The number of allylic oxidation sites excluding steroid dienone is 10. The molecular weight excluding hydrogens is 1400 g/mol. The molecule has 10 rings (SSSR count). The van der Waals surface area contributed by atoms with Crippen LogP contribution in [0.1, 0.15) is 351 Å². The van der Waals surface area contributed by atoms with Crippen molar-refractivity contribution in [1.29, 1.82) is 0 Å². The predicted octanol–water partition coefficient (Wildman–Crippen LogP) is 34.7. The van der Waals surface area contributed by atoms with Gasteiger partial charge in [-0.1, -0.05) is 381 Å². The standard InChI is InChI=1S/5C19H27S.5FH/c5*1-2-3-4-5-6-7-16-8-10-17(11-9-16)18-12-14-19(20)15-13-18;;;;;/h5*10,12-16H,2-9,11H2,1H3;5*1H. The van der Waals surface area contributed by atoms with Gasteiger partial charge in [-0.3, -0.25) is 23.5 Å². The van der Waals surface area contributed by atoms with Crippen molar-refractivity contribution >= 4 is 91.0 Å². The second kappa shape index (κ2) is 61.3. The van der Waals surface area contributed by atoms with Gasteiger partial charge in [-0.15, -0.1) is 0 Å². The zero-order valence-electron chi connectivity index (χ0n) is 65.7. The van der Waals surface area contributed by atoms with Gasteiger partial charge in [0.25, 0.3) is 0 Å². The SMILES string of the molecule is CCCCCCCC1CC=C(c2ccc([S])cc2)CC1.CCCCCCCC1CC=C(c2ccc([S])cc2)CC1.CCCCCCCC1CC=C(c2ccc([S])cc2)CC1.CCCCCCCC1CC=C(c2ccc([S])cc2)CC1.CCCCCCCC1CC=C(c2ccc([S])cc2)CC1.F.F.F.F.F. The van der Waals surface area contributed by atoms with Crippen LogP contribution in [0.4, 0.5) is 23.5 Å². The van der Waals surface area contributed by atoms with E-state index in [0.717, 1.165) is 54.1 Å². The predicted molar refractivity (Wildman–Crippen MR) is 467 cm³/mol. The molecule has 10 heteroatoms. The number of unbranched alkanes of at least 4 members (excludes halogenated alkanes) is 20. The second-order valence-electron chi connectivity index (χ2n) is 30.5. The lowest BCUT2D eigenvalue weighted by Crippen LogP contribution is -2.05. The van der Waals surface area contributed by atoms with Crippen LogP contribution in [-0.4, -0.2) is 0 Å². The van der Waals surface area contributed by atoms with E-state index >= 15 is 0 Å². The molecule has 5 aliphatic rings. The van der Waals surface area contributed by atoms with E-state index in [-0.39, 0.29) is 23.5 Å². The van der Waals surface area contributed by atoms with Crippen LogP contribution in [0.5, 0.6) is 0 Å². The topological polar surface area (TPSA) is 0 Å². The van der Waals surface area contributed by atoms with Gasteiger partial charge in [0.05, 0.1) is 0 Å². The lowest BCUT2D eigenvalue weighted by Gasteiger charge is -2.22. The maximum atomic E-state index is 5.15. The van der Waals surface area contributed by atoms with Gasteiger partial charge >= 0.3 is 0 Å². The third-order valence-corrected chi connectivity index (χ3v) is 23.7. The van der Waals surface area contributed by atoms with Crippen LogP contribution < -0.4 is 0 Å². The Morgan fingerprint density at radius 3 is 0.476 bits per heavy atom. The first-order chi connectivity index (χ1) is 49.0. The minimum atomic E-state index is 0. The van der Waals surface area contributed by atoms with Crippen LogP contribution in [0.2, 0.25) is 0 Å². The molecule has 5 unspecified atom stereocenters. The minimum absolute atomic E-state index is 0. The Bertz CT molecular complexity index is 2590.